The quantitative estimate of drug-likeness (QED) is 0.113. The Kier molecular flexibility index (Phi) is 11.4. The molecule has 14 heteroatoms. The fourth-order valence-electron chi connectivity index (χ4n) is 5.79. The summed E-state index contributed by atoms with van der Waals surface area (Å²) in [5.41, 5.74) is 1.67. The highest BCUT2D eigenvalue weighted by Gasteiger charge is 2.42. The first-order valence-corrected chi connectivity index (χ1v) is 21.1. The van der Waals surface area contributed by atoms with Crippen molar-refractivity contribution in [1.82, 2.24) is 19.6 Å². The second kappa shape index (κ2) is 15.9. The second-order valence-electron chi connectivity index (χ2n) is 14.5. The molecule has 0 radical (unpaired) electrons. The van der Waals surface area contributed by atoms with Crippen molar-refractivity contribution >= 4 is 35.7 Å². The smallest absolute Gasteiger partial charge is 0.199 e. The van der Waals surface area contributed by atoms with Crippen molar-refractivity contribution in [2.45, 2.75) is 58.1 Å². The average molecular weight is 830 g/mol. The molecule has 0 saturated heterocycles. The van der Waals surface area contributed by atoms with E-state index < -0.39 is 31.9 Å². The standard InChI is InChI=1S/C41H40BrF3N6O3Si/c1-41(2,3)55(6,7)54-36(33-31(43)12-9-13-32(33)44)38-48-40-39(47-35(37(42)51(40)49-38)30-11-8-10-27(22-46)34(30)45)50(23-25-14-18-28(52-4)19-15-25)24-26-16-20-29(53-5)21-17-26/h8-21,36H,23-24H2,1-7H3. The lowest BCUT2D eigenvalue weighted by Crippen LogP contribution is -2.42. The number of fused-ring (bicyclic) bond motifs is 1. The molecule has 0 bridgehead atoms. The van der Waals surface area contributed by atoms with Crippen LogP contribution in [0.25, 0.3) is 16.9 Å². The van der Waals surface area contributed by atoms with Gasteiger partial charge in [0.2, 0.25) is 0 Å². The highest BCUT2D eigenvalue weighted by Crippen LogP contribution is 2.43. The molecule has 2 aromatic heterocycles. The molecule has 0 spiro atoms. The number of hydrogen-bond donors (Lipinski definition) is 0. The minimum absolute atomic E-state index is 0.0187. The van der Waals surface area contributed by atoms with Gasteiger partial charge in [0.15, 0.2) is 25.6 Å². The predicted molar refractivity (Wildman–Crippen MR) is 211 cm³/mol. The Morgan fingerprint density at radius 2 is 1.38 bits per heavy atom. The van der Waals surface area contributed by atoms with Gasteiger partial charge in [-0.05, 0) is 93.7 Å². The number of nitriles is 1. The molecule has 0 amide bonds. The van der Waals surface area contributed by atoms with E-state index in [1.54, 1.807) is 20.3 Å². The molecule has 2 heterocycles. The number of anilines is 1. The van der Waals surface area contributed by atoms with Gasteiger partial charge < -0.3 is 18.8 Å². The van der Waals surface area contributed by atoms with Gasteiger partial charge >= 0.3 is 0 Å². The zero-order valence-electron chi connectivity index (χ0n) is 31.5. The highest BCUT2D eigenvalue weighted by molar-refractivity contribution is 9.10. The number of benzene rings is 4. The van der Waals surface area contributed by atoms with Crippen LogP contribution in [0, 0.1) is 28.8 Å². The van der Waals surface area contributed by atoms with E-state index in [1.807, 2.05) is 93.4 Å². The molecule has 0 aliphatic rings. The first kappa shape index (κ1) is 39.5. The minimum atomic E-state index is -2.74. The largest absolute Gasteiger partial charge is 0.497 e. The first-order valence-electron chi connectivity index (χ1n) is 17.4. The van der Waals surface area contributed by atoms with Crippen LogP contribution < -0.4 is 14.4 Å². The van der Waals surface area contributed by atoms with Crippen LogP contribution in [0.5, 0.6) is 11.5 Å². The Morgan fingerprint density at radius 1 is 0.836 bits per heavy atom. The van der Waals surface area contributed by atoms with Crippen LogP contribution in [0.2, 0.25) is 18.1 Å². The maximum Gasteiger partial charge on any atom is 0.199 e. The van der Waals surface area contributed by atoms with Crippen LogP contribution in [-0.4, -0.2) is 42.1 Å². The number of aromatic nitrogens is 4. The van der Waals surface area contributed by atoms with E-state index in [9.17, 15) is 5.26 Å². The Labute approximate surface area is 327 Å². The van der Waals surface area contributed by atoms with E-state index in [-0.39, 0.29) is 49.3 Å². The summed E-state index contributed by atoms with van der Waals surface area (Å²) in [6, 6.07) is 25.1. The van der Waals surface area contributed by atoms with Crippen molar-refractivity contribution in [2.24, 2.45) is 0 Å². The number of rotatable bonds is 12. The van der Waals surface area contributed by atoms with Crippen molar-refractivity contribution < 1.29 is 27.1 Å². The molecular weight excluding hydrogens is 789 g/mol. The summed E-state index contributed by atoms with van der Waals surface area (Å²) < 4.78 is 66.6. The number of nitrogens with zero attached hydrogens (tertiary/aromatic N) is 6. The van der Waals surface area contributed by atoms with Gasteiger partial charge in [0.1, 0.15) is 51.4 Å². The fourth-order valence-corrected chi connectivity index (χ4v) is 7.50. The summed E-state index contributed by atoms with van der Waals surface area (Å²) in [5, 5.41) is 14.2. The van der Waals surface area contributed by atoms with E-state index in [2.05, 4.69) is 15.9 Å². The monoisotopic (exact) mass is 828 g/mol. The normalized spacial score (nSPS) is 12.4. The Hall–Kier alpha value is -5.23. The summed E-state index contributed by atoms with van der Waals surface area (Å²) in [4.78, 5) is 11.9. The number of ether oxygens (including phenoxy) is 2. The summed E-state index contributed by atoms with van der Waals surface area (Å²) in [7, 11) is 0.444. The summed E-state index contributed by atoms with van der Waals surface area (Å²) in [6.45, 7) is 10.6. The maximum atomic E-state index is 16.0. The van der Waals surface area contributed by atoms with Crippen molar-refractivity contribution in [1.29, 1.82) is 5.26 Å². The van der Waals surface area contributed by atoms with Crippen molar-refractivity contribution in [3.8, 4) is 28.8 Å². The van der Waals surface area contributed by atoms with E-state index in [0.29, 0.717) is 24.6 Å². The molecule has 55 heavy (non-hydrogen) atoms. The Morgan fingerprint density at radius 3 is 1.89 bits per heavy atom. The maximum absolute atomic E-state index is 16.0. The molecular formula is C41H40BrF3N6O3Si. The Balaban J connectivity index is 1.64. The van der Waals surface area contributed by atoms with E-state index in [4.69, 9.17) is 29.0 Å². The summed E-state index contributed by atoms with van der Waals surface area (Å²) in [6.07, 6.45) is -1.35. The number of halogens is 4. The number of hydrogen-bond acceptors (Lipinski definition) is 8. The van der Waals surface area contributed by atoms with Crippen LogP contribution in [0.1, 0.15) is 55.0 Å². The van der Waals surface area contributed by atoms with Gasteiger partial charge in [-0.3, -0.25) is 0 Å². The van der Waals surface area contributed by atoms with Gasteiger partial charge in [0, 0.05) is 18.7 Å². The molecule has 1 unspecified atom stereocenters. The predicted octanol–water partition coefficient (Wildman–Crippen LogP) is 10.2. The van der Waals surface area contributed by atoms with Gasteiger partial charge in [-0.1, -0.05) is 57.2 Å². The Bertz CT molecular complexity index is 2310. The van der Waals surface area contributed by atoms with E-state index >= 15 is 13.2 Å². The van der Waals surface area contributed by atoms with Crippen LogP contribution in [-0.2, 0) is 17.5 Å². The van der Waals surface area contributed by atoms with Gasteiger partial charge in [0.05, 0.1) is 25.3 Å². The van der Waals surface area contributed by atoms with E-state index in [0.717, 1.165) is 11.1 Å². The average Bonchev–Trinajstić information content (AvgIpc) is 3.61. The zero-order chi connectivity index (χ0) is 39.7. The third kappa shape index (κ3) is 8.10. The molecule has 284 valence electrons. The molecule has 9 nitrogen and oxygen atoms in total. The lowest BCUT2D eigenvalue weighted by molar-refractivity contribution is 0.203. The van der Waals surface area contributed by atoms with Crippen molar-refractivity contribution in [3.05, 3.63) is 135 Å². The van der Waals surface area contributed by atoms with Crippen LogP contribution in [0.3, 0.4) is 0 Å². The fraction of sp³-hybridized carbons (Fsp3) is 0.268. The minimum Gasteiger partial charge on any atom is -0.497 e. The lowest BCUT2D eigenvalue weighted by atomic mass is 10.1. The first-order chi connectivity index (χ1) is 26.1. The third-order valence-corrected chi connectivity index (χ3v) is 15.0. The van der Waals surface area contributed by atoms with Crippen molar-refractivity contribution in [3.63, 3.8) is 0 Å². The summed E-state index contributed by atoms with van der Waals surface area (Å²) >= 11 is 3.61. The van der Waals surface area contributed by atoms with Crippen LogP contribution >= 0.6 is 15.9 Å². The highest BCUT2D eigenvalue weighted by atomic mass is 79.9. The van der Waals surface area contributed by atoms with Crippen LogP contribution in [0.4, 0.5) is 19.0 Å². The van der Waals surface area contributed by atoms with Gasteiger partial charge in [0.25, 0.3) is 0 Å². The molecule has 0 saturated carbocycles. The molecule has 6 rings (SSSR count). The molecule has 0 N–H and O–H groups in total. The topological polar surface area (TPSA) is 97.8 Å². The zero-order valence-corrected chi connectivity index (χ0v) is 34.1. The van der Waals surface area contributed by atoms with Gasteiger partial charge in [-0.25, -0.2) is 27.7 Å². The van der Waals surface area contributed by atoms with Gasteiger partial charge in [-0.2, -0.15) is 5.26 Å². The summed E-state index contributed by atoms with van der Waals surface area (Å²) in [5.74, 6) is -0.762. The van der Waals surface area contributed by atoms with Crippen molar-refractivity contribution in [2.75, 3.05) is 19.1 Å². The second-order valence-corrected chi connectivity index (χ2v) is 20.0. The molecule has 4 aromatic carbocycles. The SMILES string of the molecule is COc1ccc(CN(Cc2ccc(OC)cc2)c2nc(-c3cccc(C#N)c3F)c(Br)n3nc(C(O[Si](C)(C)C(C)(C)C)c4c(F)cccc4F)nc23)cc1. The molecule has 0 aliphatic carbocycles. The molecule has 6 aromatic rings. The third-order valence-electron chi connectivity index (χ3n) is 9.88. The van der Waals surface area contributed by atoms with Gasteiger partial charge in [-0.15, -0.1) is 5.10 Å². The van der Waals surface area contributed by atoms with E-state index in [1.165, 1.54) is 34.8 Å². The van der Waals surface area contributed by atoms with Crippen LogP contribution in [0.15, 0.2) is 89.5 Å². The molecule has 1 atom stereocenters. The molecule has 0 fully saturated rings. The lowest BCUT2D eigenvalue weighted by Gasteiger charge is -2.38. The molecule has 0 aliphatic heterocycles. The number of methoxy groups -OCH3 is 2.